The van der Waals surface area contributed by atoms with Crippen molar-refractivity contribution in [2.75, 3.05) is 20.3 Å². The zero-order chi connectivity index (χ0) is 15.7. The van der Waals surface area contributed by atoms with Crippen LogP contribution in [0.15, 0.2) is 24.3 Å². The highest BCUT2D eigenvalue weighted by Crippen LogP contribution is 2.16. The summed E-state index contributed by atoms with van der Waals surface area (Å²) in [5, 5.41) is 3.79. The smallest absolute Gasteiger partial charge is 0.276 e. The van der Waals surface area contributed by atoms with Gasteiger partial charge in [0.05, 0.1) is 6.61 Å². The minimum Gasteiger partial charge on any atom is -0.484 e. The van der Waals surface area contributed by atoms with Crippen LogP contribution in [0.25, 0.3) is 0 Å². The zero-order valence-corrected chi connectivity index (χ0v) is 13.4. The molecule has 116 valence electrons. The van der Waals surface area contributed by atoms with E-state index >= 15 is 0 Å². The van der Waals surface area contributed by atoms with Crippen molar-refractivity contribution in [3.05, 3.63) is 29.3 Å². The highest BCUT2D eigenvalue weighted by molar-refractivity contribution is 7.80. The van der Waals surface area contributed by atoms with Gasteiger partial charge in [0, 0.05) is 18.2 Å². The summed E-state index contributed by atoms with van der Waals surface area (Å²) in [7, 11) is 1.60. The zero-order valence-electron chi connectivity index (χ0n) is 11.8. The summed E-state index contributed by atoms with van der Waals surface area (Å²) in [5.74, 6) is 0.158. The van der Waals surface area contributed by atoms with E-state index in [-0.39, 0.29) is 18.6 Å². The third-order valence-electron chi connectivity index (χ3n) is 2.28. The molecule has 1 aromatic carbocycles. The second kappa shape index (κ2) is 9.38. The van der Waals surface area contributed by atoms with E-state index in [1.165, 1.54) is 0 Å². The van der Waals surface area contributed by atoms with Crippen molar-refractivity contribution in [3.63, 3.8) is 0 Å². The number of methoxy groups -OCH3 is 1. The van der Waals surface area contributed by atoms with Crippen LogP contribution in [-0.4, -0.2) is 37.4 Å². The van der Waals surface area contributed by atoms with Gasteiger partial charge in [-0.2, -0.15) is 0 Å². The molecule has 0 aliphatic heterocycles. The van der Waals surface area contributed by atoms with Gasteiger partial charge in [0.2, 0.25) is 0 Å². The van der Waals surface area contributed by atoms with Crippen molar-refractivity contribution in [3.8, 4) is 5.75 Å². The van der Waals surface area contributed by atoms with E-state index in [0.29, 0.717) is 22.5 Å². The van der Waals surface area contributed by atoms with Gasteiger partial charge in [-0.3, -0.25) is 15.6 Å². The molecule has 0 bridgehead atoms. The third-order valence-corrected chi connectivity index (χ3v) is 2.73. The molecule has 0 aliphatic rings. The third kappa shape index (κ3) is 7.69. The van der Waals surface area contributed by atoms with Gasteiger partial charge in [-0.05, 0) is 37.3 Å². The van der Waals surface area contributed by atoms with Crippen LogP contribution in [0.3, 0.4) is 0 Å². The van der Waals surface area contributed by atoms with Crippen LogP contribution in [-0.2, 0) is 9.53 Å². The molecule has 0 fully saturated rings. The fourth-order valence-electron chi connectivity index (χ4n) is 1.42. The molecule has 1 amide bonds. The van der Waals surface area contributed by atoms with E-state index in [0.717, 1.165) is 0 Å². The van der Waals surface area contributed by atoms with E-state index < -0.39 is 0 Å². The number of hydrazine groups is 1. The Morgan fingerprint density at radius 3 is 2.86 bits per heavy atom. The number of carbonyl (C=O) groups excluding carboxylic acids is 1. The quantitative estimate of drug-likeness (QED) is 0.538. The van der Waals surface area contributed by atoms with Crippen LogP contribution in [0.2, 0.25) is 5.02 Å². The van der Waals surface area contributed by atoms with Gasteiger partial charge in [-0.1, -0.05) is 17.7 Å². The molecule has 0 saturated heterocycles. The molecule has 8 heteroatoms. The molecule has 0 radical (unpaired) electrons. The number of nitrogens with one attached hydrogen (secondary N) is 3. The largest absolute Gasteiger partial charge is 0.484 e. The summed E-state index contributed by atoms with van der Waals surface area (Å²) in [6.45, 7) is 2.26. The molecule has 0 unspecified atom stereocenters. The van der Waals surface area contributed by atoms with Crippen molar-refractivity contribution in [2.24, 2.45) is 0 Å². The average Bonchev–Trinajstić information content (AvgIpc) is 2.43. The molecule has 1 rings (SSSR count). The highest BCUT2D eigenvalue weighted by atomic mass is 35.5. The Bertz CT molecular complexity index is 487. The van der Waals surface area contributed by atoms with Crippen molar-refractivity contribution in [2.45, 2.75) is 13.0 Å². The summed E-state index contributed by atoms with van der Waals surface area (Å²) in [4.78, 5) is 11.6. The topological polar surface area (TPSA) is 71.6 Å². The van der Waals surface area contributed by atoms with E-state index in [2.05, 4.69) is 16.2 Å². The first-order valence-corrected chi connectivity index (χ1v) is 7.02. The number of hydrogen-bond donors (Lipinski definition) is 3. The first-order chi connectivity index (χ1) is 10.0. The number of rotatable bonds is 6. The van der Waals surface area contributed by atoms with Crippen LogP contribution >= 0.6 is 23.8 Å². The van der Waals surface area contributed by atoms with Crippen LogP contribution in [0.5, 0.6) is 5.75 Å². The second-order valence-electron chi connectivity index (χ2n) is 4.25. The Morgan fingerprint density at radius 1 is 1.43 bits per heavy atom. The van der Waals surface area contributed by atoms with Crippen LogP contribution in [0.1, 0.15) is 6.92 Å². The number of hydrogen-bond acceptors (Lipinski definition) is 4. The minimum atomic E-state index is -0.362. The molecule has 1 aromatic rings. The van der Waals surface area contributed by atoms with Gasteiger partial charge in [-0.15, -0.1) is 0 Å². The summed E-state index contributed by atoms with van der Waals surface area (Å²) >= 11 is 10.8. The first-order valence-electron chi connectivity index (χ1n) is 6.24. The Balaban J connectivity index is 2.23. The predicted octanol–water partition coefficient (Wildman–Crippen LogP) is 1.25. The molecule has 21 heavy (non-hydrogen) atoms. The van der Waals surface area contributed by atoms with E-state index in [1.54, 1.807) is 31.4 Å². The SMILES string of the molecule is COC[C@@H](C)NC(=S)NNC(=O)COc1cccc(Cl)c1. The van der Waals surface area contributed by atoms with Gasteiger partial charge >= 0.3 is 0 Å². The van der Waals surface area contributed by atoms with Crippen molar-refractivity contribution >= 4 is 34.8 Å². The lowest BCUT2D eigenvalue weighted by Crippen LogP contribution is -2.50. The lowest BCUT2D eigenvalue weighted by atomic mass is 10.3. The predicted molar refractivity (Wildman–Crippen MR) is 85.3 cm³/mol. The molecule has 6 nitrogen and oxygen atoms in total. The average molecular weight is 332 g/mol. The summed E-state index contributed by atoms with van der Waals surface area (Å²) in [5.41, 5.74) is 5.00. The lowest BCUT2D eigenvalue weighted by molar-refractivity contribution is -0.123. The highest BCUT2D eigenvalue weighted by Gasteiger charge is 2.06. The molecule has 3 N–H and O–H groups in total. The first kappa shape index (κ1) is 17.5. The number of ether oxygens (including phenoxy) is 2. The molecular weight excluding hydrogens is 314 g/mol. The molecule has 0 aliphatic carbocycles. The fraction of sp³-hybridized carbons (Fsp3) is 0.385. The Hall–Kier alpha value is -1.57. The van der Waals surface area contributed by atoms with Gasteiger partial charge in [-0.25, -0.2) is 0 Å². The van der Waals surface area contributed by atoms with E-state index in [9.17, 15) is 4.79 Å². The molecule has 1 atom stereocenters. The summed E-state index contributed by atoms with van der Waals surface area (Å²) in [6.07, 6.45) is 0. The van der Waals surface area contributed by atoms with Crippen LogP contribution < -0.4 is 20.9 Å². The number of carbonyl (C=O) groups is 1. The van der Waals surface area contributed by atoms with E-state index in [1.807, 2.05) is 6.92 Å². The standard InChI is InChI=1S/C13H18ClN3O3S/c1-9(7-19-2)15-13(21)17-16-12(18)8-20-11-5-3-4-10(14)6-11/h3-6,9H,7-8H2,1-2H3,(H,16,18)(H2,15,17,21)/t9-/m1/s1. The van der Waals surface area contributed by atoms with Crippen molar-refractivity contribution in [1.82, 2.24) is 16.2 Å². The monoisotopic (exact) mass is 331 g/mol. The van der Waals surface area contributed by atoms with Crippen LogP contribution in [0.4, 0.5) is 0 Å². The Labute approximate surface area is 134 Å². The fourth-order valence-corrected chi connectivity index (χ4v) is 1.85. The molecular formula is C13H18ClN3O3S. The normalized spacial score (nSPS) is 11.4. The minimum absolute atomic E-state index is 0.0367. The maximum Gasteiger partial charge on any atom is 0.276 e. The molecule has 0 heterocycles. The lowest BCUT2D eigenvalue weighted by Gasteiger charge is -2.16. The number of amides is 1. The molecule has 0 aromatic heterocycles. The Morgan fingerprint density at radius 2 is 2.19 bits per heavy atom. The second-order valence-corrected chi connectivity index (χ2v) is 5.09. The van der Waals surface area contributed by atoms with Gasteiger partial charge in [0.15, 0.2) is 11.7 Å². The van der Waals surface area contributed by atoms with Gasteiger partial charge in [0.1, 0.15) is 5.75 Å². The van der Waals surface area contributed by atoms with Gasteiger partial charge in [0.25, 0.3) is 5.91 Å². The van der Waals surface area contributed by atoms with Crippen molar-refractivity contribution in [1.29, 1.82) is 0 Å². The number of halogens is 1. The maximum absolute atomic E-state index is 11.6. The number of thiocarbonyl (C=S) groups is 1. The van der Waals surface area contributed by atoms with Crippen LogP contribution in [0, 0.1) is 0 Å². The summed E-state index contributed by atoms with van der Waals surface area (Å²) < 4.78 is 10.2. The molecule has 0 saturated carbocycles. The van der Waals surface area contributed by atoms with E-state index in [4.69, 9.17) is 33.3 Å². The maximum atomic E-state index is 11.6. The van der Waals surface area contributed by atoms with Crippen molar-refractivity contribution < 1.29 is 14.3 Å². The number of benzene rings is 1. The van der Waals surface area contributed by atoms with Gasteiger partial charge < -0.3 is 14.8 Å². The molecule has 0 spiro atoms. The summed E-state index contributed by atoms with van der Waals surface area (Å²) in [6, 6.07) is 6.84. The Kier molecular flexibility index (Phi) is 7.81.